The number of nitrogens with one attached hydrogen (secondary N) is 1. The zero-order valence-electron chi connectivity index (χ0n) is 15.7. The SMILES string of the molecule is Cc1ncsc1C(=O)NC1CCN(CCCS(=O)(=O)c2ccc(F)cc2)CC1. The van der Waals surface area contributed by atoms with Gasteiger partial charge in [-0.1, -0.05) is 0 Å². The van der Waals surface area contributed by atoms with Crippen LogP contribution < -0.4 is 5.32 Å². The molecule has 0 radical (unpaired) electrons. The van der Waals surface area contributed by atoms with E-state index in [-0.39, 0.29) is 22.6 Å². The Morgan fingerprint density at radius 1 is 1.29 bits per heavy atom. The Kier molecular flexibility index (Phi) is 6.79. The summed E-state index contributed by atoms with van der Waals surface area (Å²) in [5.41, 5.74) is 2.43. The van der Waals surface area contributed by atoms with E-state index >= 15 is 0 Å². The molecule has 3 rings (SSSR count). The van der Waals surface area contributed by atoms with Crippen molar-refractivity contribution in [2.45, 2.75) is 37.1 Å². The molecule has 1 aromatic carbocycles. The standard InChI is InChI=1S/C19H24FN3O3S2/c1-14-18(27-13-21-14)19(24)22-16-7-10-23(11-8-16)9-2-12-28(25,26)17-5-3-15(20)4-6-17/h3-6,13,16H,2,7-12H2,1H3,(H,22,24). The number of aryl methyl sites for hydroxylation is 1. The average Bonchev–Trinajstić information content (AvgIpc) is 3.09. The third kappa shape index (κ3) is 5.36. The summed E-state index contributed by atoms with van der Waals surface area (Å²) in [6, 6.07) is 5.08. The maximum Gasteiger partial charge on any atom is 0.263 e. The Labute approximate surface area is 168 Å². The van der Waals surface area contributed by atoms with E-state index in [2.05, 4.69) is 15.2 Å². The van der Waals surface area contributed by atoms with Crippen LogP contribution in [-0.4, -0.2) is 55.6 Å². The van der Waals surface area contributed by atoms with E-state index < -0.39 is 15.7 Å². The van der Waals surface area contributed by atoms with E-state index in [4.69, 9.17) is 0 Å². The molecule has 2 aromatic rings. The van der Waals surface area contributed by atoms with Crippen LogP contribution in [0.3, 0.4) is 0 Å². The number of likely N-dealkylation sites (tertiary alicyclic amines) is 1. The number of thiazole rings is 1. The van der Waals surface area contributed by atoms with E-state index in [0.29, 0.717) is 17.8 Å². The minimum atomic E-state index is -3.39. The van der Waals surface area contributed by atoms with E-state index in [9.17, 15) is 17.6 Å². The second-order valence-electron chi connectivity index (χ2n) is 6.98. The second-order valence-corrected chi connectivity index (χ2v) is 9.95. The Bertz CT molecular complexity index is 905. The maximum absolute atomic E-state index is 12.9. The smallest absolute Gasteiger partial charge is 0.263 e. The van der Waals surface area contributed by atoms with Gasteiger partial charge < -0.3 is 10.2 Å². The van der Waals surface area contributed by atoms with E-state index in [1.54, 1.807) is 5.51 Å². The van der Waals surface area contributed by atoms with Gasteiger partial charge in [0.1, 0.15) is 10.7 Å². The first kappa shape index (κ1) is 20.9. The number of halogens is 1. The summed E-state index contributed by atoms with van der Waals surface area (Å²) in [4.78, 5) is 19.4. The lowest BCUT2D eigenvalue weighted by atomic mass is 10.0. The molecule has 152 valence electrons. The first-order valence-electron chi connectivity index (χ1n) is 9.27. The summed E-state index contributed by atoms with van der Waals surface area (Å²) < 4.78 is 37.6. The zero-order valence-corrected chi connectivity index (χ0v) is 17.4. The average molecular weight is 426 g/mol. The monoisotopic (exact) mass is 425 g/mol. The van der Waals surface area contributed by atoms with Crippen LogP contribution in [0.5, 0.6) is 0 Å². The van der Waals surface area contributed by atoms with Crippen molar-refractivity contribution in [1.29, 1.82) is 0 Å². The van der Waals surface area contributed by atoms with Crippen LogP contribution in [0, 0.1) is 12.7 Å². The molecule has 0 spiro atoms. The van der Waals surface area contributed by atoms with Crippen LogP contribution in [0.15, 0.2) is 34.7 Å². The molecule has 0 aliphatic carbocycles. The number of nitrogens with zero attached hydrogens (tertiary/aromatic N) is 2. The number of sulfone groups is 1. The van der Waals surface area contributed by atoms with Gasteiger partial charge in [-0.3, -0.25) is 4.79 Å². The molecule has 2 heterocycles. The van der Waals surface area contributed by atoms with Gasteiger partial charge in [-0.15, -0.1) is 11.3 Å². The van der Waals surface area contributed by atoms with Gasteiger partial charge in [-0.25, -0.2) is 17.8 Å². The fourth-order valence-corrected chi connectivity index (χ4v) is 5.31. The lowest BCUT2D eigenvalue weighted by Gasteiger charge is -2.32. The van der Waals surface area contributed by atoms with Gasteiger partial charge in [0.15, 0.2) is 9.84 Å². The molecule has 1 fully saturated rings. The molecule has 1 aliphatic heterocycles. The molecule has 1 aromatic heterocycles. The highest BCUT2D eigenvalue weighted by Crippen LogP contribution is 2.17. The molecule has 0 atom stereocenters. The second kappa shape index (κ2) is 9.11. The molecule has 0 saturated carbocycles. The minimum absolute atomic E-state index is 0.0416. The Balaban J connectivity index is 1.40. The number of hydrogen-bond acceptors (Lipinski definition) is 6. The van der Waals surface area contributed by atoms with Crippen molar-refractivity contribution in [1.82, 2.24) is 15.2 Å². The molecule has 1 saturated heterocycles. The molecule has 28 heavy (non-hydrogen) atoms. The van der Waals surface area contributed by atoms with Gasteiger partial charge in [-0.05, 0) is 57.0 Å². The van der Waals surface area contributed by atoms with Gasteiger partial charge in [0, 0.05) is 19.1 Å². The van der Waals surface area contributed by atoms with Gasteiger partial charge in [0.05, 0.1) is 21.9 Å². The lowest BCUT2D eigenvalue weighted by molar-refractivity contribution is 0.0914. The third-order valence-corrected chi connectivity index (χ3v) is 7.68. The number of carbonyl (C=O) groups is 1. The summed E-state index contributed by atoms with van der Waals surface area (Å²) in [7, 11) is -3.39. The molecule has 6 nitrogen and oxygen atoms in total. The van der Waals surface area contributed by atoms with Crippen molar-refractivity contribution in [3.8, 4) is 0 Å². The largest absolute Gasteiger partial charge is 0.348 e. The minimum Gasteiger partial charge on any atom is -0.348 e. The highest BCUT2D eigenvalue weighted by molar-refractivity contribution is 7.91. The summed E-state index contributed by atoms with van der Waals surface area (Å²) >= 11 is 1.35. The first-order chi connectivity index (χ1) is 13.3. The zero-order chi connectivity index (χ0) is 20.1. The van der Waals surface area contributed by atoms with E-state index in [0.717, 1.165) is 31.6 Å². The van der Waals surface area contributed by atoms with Gasteiger partial charge >= 0.3 is 0 Å². The van der Waals surface area contributed by atoms with Crippen molar-refractivity contribution >= 4 is 27.1 Å². The van der Waals surface area contributed by atoms with Crippen LogP contribution in [0.1, 0.15) is 34.6 Å². The van der Waals surface area contributed by atoms with Gasteiger partial charge in [-0.2, -0.15) is 0 Å². The highest BCUT2D eigenvalue weighted by atomic mass is 32.2. The fourth-order valence-electron chi connectivity index (χ4n) is 3.31. The predicted octanol–water partition coefficient (Wildman–Crippen LogP) is 2.65. The van der Waals surface area contributed by atoms with Crippen molar-refractivity contribution in [3.63, 3.8) is 0 Å². The van der Waals surface area contributed by atoms with Crippen molar-refractivity contribution in [3.05, 3.63) is 46.2 Å². The number of hydrogen-bond donors (Lipinski definition) is 1. The number of aromatic nitrogens is 1. The summed E-state index contributed by atoms with van der Waals surface area (Å²) in [5.74, 6) is -0.469. The topological polar surface area (TPSA) is 79.4 Å². The number of rotatable bonds is 7. The lowest BCUT2D eigenvalue weighted by Crippen LogP contribution is -2.45. The first-order valence-corrected chi connectivity index (χ1v) is 11.8. The molecular weight excluding hydrogens is 401 g/mol. The predicted molar refractivity (Wildman–Crippen MR) is 107 cm³/mol. The van der Waals surface area contributed by atoms with Crippen LogP contribution in [0.4, 0.5) is 4.39 Å². The number of carbonyl (C=O) groups excluding carboxylic acids is 1. The molecule has 1 aliphatic rings. The van der Waals surface area contributed by atoms with Gasteiger partial charge in [0.2, 0.25) is 0 Å². The van der Waals surface area contributed by atoms with Crippen LogP contribution >= 0.6 is 11.3 Å². The van der Waals surface area contributed by atoms with Crippen molar-refractivity contribution in [2.75, 3.05) is 25.4 Å². The normalized spacial score (nSPS) is 16.2. The van der Waals surface area contributed by atoms with Crippen LogP contribution in [0.25, 0.3) is 0 Å². The Hall–Kier alpha value is -1.84. The summed E-state index contributed by atoms with van der Waals surface area (Å²) in [6.45, 7) is 4.16. The van der Waals surface area contributed by atoms with E-state index in [1.807, 2.05) is 6.92 Å². The quantitative estimate of drug-likeness (QED) is 0.690. The number of piperidine rings is 1. The Morgan fingerprint density at radius 2 is 1.96 bits per heavy atom. The molecule has 0 unspecified atom stereocenters. The number of amides is 1. The maximum atomic E-state index is 12.9. The summed E-state index contributed by atoms with van der Waals surface area (Å²) in [5, 5.41) is 3.07. The molecule has 1 amide bonds. The third-order valence-electron chi connectivity index (χ3n) is 4.93. The van der Waals surface area contributed by atoms with Crippen molar-refractivity contribution < 1.29 is 17.6 Å². The van der Waals surface area contributed by atoms with Crippen LogP contribution in [0.2, 0.25) is 0 Å². The highest BCUT2D eigenvalue weighted by Gasteiger charge is 2.23. The fraction of sp³-hybridized carbons (Fsp3) is 0.474. The van der Waals surface area contributed by atoms with Crippen molar-refractivity contribution in [2.24, 2.45) is 0 Å². The molecule has 1 N–H and O–H groups in total. The summed E-state index contributed by atoms with van der Waals surface area (Å²) in [6.07, 6.45) is 2.21. The molecular formula is C19H24FN3O3S2. The number of benzene rings is 1. The van der Waals surface area contributed by atoms with Gasteiger partial charge in [0.25, 0.3) is 5.91 Å². The molecule has 9 heteroatoms. The van der Waals surface area contributed by atoms with Crippen LogP contribution in [-0.2, 0) is 9.84 Å². The van der Waals surface area contributed by atoms with E-state index in [1.165, 1.54) is 35.6 Å². The molecule has 0 bridgehead atoms. The Morgan fingerprint density at radius 3 is 2.57 bits per heavy atom.